The van der Waals surface area contributed by atoms with Crippen LogP contribution in [0.15, 0.2) is 97.1 Å². The minimum Gasteiger partial charge on any atom is -0.423 e. The summed E-state index contributed by atoms with van der Waals surface area (Å²) < 4.78 is 57.4. The van der Waals surface area contributed by atoms with Gasteiger partial charge in [-0.1, -0.05) is 79.4 Å². The zero-order valence-corrected chi connectivity index (χ0v) is 21.1. The smallest absolute Gasteiger partial charge is 0.338 e. The van der Waals surface area contributed by atoms with Gasteiger partial charge in [0.1, 0.15) is 5.75 Å². The van der Waals surface area contributed by atoms with Gasteiger partial charge >= 0.3 is 5.97 Å². The predicted octanol–water partition coefficient (Wildman–Crippen LogP) is 4.48. The molecule has 0 spiro atoms. The van der Waals surface area contributed by atoms with Gasteiger partial charge in [-0.2, -0.15) is 0 Å². The molecule has 0 aromatic heterocycles. The van der Waals surface area contributed by atoms with Gasteiger partial charge in [0.25, 0.3) is 0 Å². The van der Waals surface area contributed by atoms with Gasteiger partial charge in [0.05, 0.1) is 23.0 Å². The van der Waals surface area contributed by atoms with Crippen LogP contribution in [-0.2, 0) is 36.0 Å². The lowest BCUT2D eigenvalue weighted by Gasteiger charge is -2.19. The second-order valence-corrected chi connectivity index (χ2v) is 12.7. The fraction of sp³-hybridized carbons (Fsp3) is 0.222. The van der Waals surface area contributed by atoms with Crippen molar-refractivity contribution < 1.29 is 26.4 Å². The second-order valence-electron chi connectivity index (χ2n) is 8.52. The molecule has 3 aromatic rings. The first-order valence-electron chi connectivity index (χ1n) is 11.0. The van der Waals surface area contributed by atoms with Crippen molar-refractivity contribution in [2.45, 2.75) is 24.3 Å². The first kappa shape index (κ1) is 26.4. The molecule has 0 radical (unpaired) electrons. The molecule has 0 fully saturated rings. The van der Waals surface area contributed by atoms with Crippen LogP contribution in [0.1, 0.15) is 29.5 Å². The first-order chi connectivity index (χ1) is 16.5. The maximum atomic E-state index is 13.0. The minimum absolute atomic E-state index is 0.183. The third-order valence-corrected chi connectivity index (χ3v) is 8.65. The Morgan fingerprint density at radius 3 is 1.57 bits per heavy atom. The Balaban J connectivity index is 1.86. The van der Waals surface area contributed by atoms with Gasteiger partial charge in [-0.15, -0.1) is 0 Å². The van der Waals surface area contributed by atoms with Crippen molar-refractivity contribution in [3.63, 3.8) is 0 Å². The lowest BCUT2D eigenvalue weighted by molar-refractivity contribution is -0.130. The minimum atomic E-state index is -3.63. The van der Waals surface area contributed by atoms with E-state index in [1.54, 1.807) is 72.8 Å². The fourth-order valence-corrected chi connectivity index (χ4v) is 7.26. The van der Waals surface area contributed by atoms with E-state index in [4.69, 9.17) is 4.74 Å². The average Bonchev–Trinajstić information content (AvgIpc) is 2.79. The zero-order chi connectivity index (χ0) is 25.5. The van der Waals surface area contributed by atoms with Crippen molar-refractivity contribution in [1.82, 2.24) is 0 Å². The van der Waals surface area contributed by atoms with E-state index in [-0.39, 0.29) is 34.3 Å². The largest absolute Gasteiger partial charge is 0.423 e. The lowest BCUT2D eigenvalue weighted by Crippen LogP contribution is -2.24. The molecule has 0 bridgehead atoms. The second kappa shape index (κ2) is 11.5. The van der Waals surface area contributed by atoms with Crippen molar-refractivity contribution in [2.75, 3.05) is 11.5 Å². The maximum Gasteiger partial charge on any atom is 0.338 e. The fourth-order valence-electron chi connectivity index (χ4n) is 3.63. The van der Waals surface area contributed by atoms with Crippen LogP contribution in [0.5, 0.6) is 5.75 Å². The molecule has 0 aliphatic rings. The maximum absolute atomic E-state index is 13.0. The summed E-state index contributed by atoms with van der Waals surface area (Å²) in [6.45, 7) is 5.07. The van der Waals surface area contributed by atoms with E-state index in [0.29, 0.717) is 16.7 Å². The number of ether oxygens (including phenoxy) is 1. The first-order valence-corrected chi connectivity index (χ1v) is 14.6. The number of carbonyl (C=O) groups is 1. The number of sulfone groups is 2. The molecular formula is C27H28O6S2. The van der Waals surface area contributed by atoms with Gasteiger partial charge in [-0.3, -0.25) is 0 Å². The van der Waals surface area contributed by atoms with Crippen LogP contribution < -0.4 is 4.74 Å². The zero-order valence-electron chi connectivity index (χ0n) is 19.5. The number of rotatable bonds is 11. The molecule has 0 aliphatic heterocycles. The number of carbonyl (C=O) groups excluding carboxylic acids is 1. The summed E-state index contributed by atoms with van der Waals surface area (Å²) in [4.78, 5) is 11.8. The Morgan fingerprint density at radius 2 is 1.17 bits per heavy atom. The van der Waals surface area contributed by atoms with Crippen molar-refractivity contribution in [1.29, 1.82) is 0 Å². The molecule has 184 valence electrons. The van der Waals surface area contributed by atoms with E-state index in [0.717, 1.165) is 0 Å². The van der Waals surface area contributed by atoms with Gasteiger partial charge in [0.2, 0.25) is 0 Å². The van der Waals surface area contributed by atoms with Gasteiger partial charge in [0, 0.05) is 11.5 Å². The van der Waals surface area contributed by atoms with E-state index in [2.05, 4.69) is 6.58 Å². The van der Waals surface area contributed by atoms with Crippen LogP contribution >= 0.6 is 0 Å². The van der Waals surface area contributed by atoms with Crippen LogP contribution in [-0.4, -0.2) is 34.3 Å². The Morgan fingerprint density at radius 1 is 0.743 bits per heavy atom. The molecule has 0 N–H and O–H groups in total. The number of hydrogen-bond donors (Lipinski definition) is 0. The summed E-state index contributed by atoms with van der Waals surface area (Å²) in [6, 6.07) is 23.8. The van der Waals surface area contributed by atoms with Crippen LogP contribution in [0.3, 0.4) is 0 Å². The monoisotopic (exact) mass is 512 g/mol. The molecule has 0 atom stereocenters. The standard InChI is InChI=1S/C27H28O6S2/c1-21(2)27(28)33-26-15-13-24(14-16-26)25(19-34(29,30)17-22-9-5-3-6-10-22)20-35(31,32)18-23-11-7-4-8-12-23/h3-16,25H,1,17-20H2,2H3. The van der Waals surface area contributed by atoms with Crippen LogP contribution in [0, 0.1) is 0 Å². The summed E-state index contributed by atoms with van der Waals surface area (Å²) in [5.41, 5.74) is 2.06. The molecule has 6 nitrogen and oxygen atoms in total. The van der Waals surface area contributed by atoms with Crippen LogP contribution in [0.4, 0.5) is 0 Å². The molecule has 0 unspecified atom stereocenters. The third kappa shape index (κ3) is 8.49. The summed E-state index contributed by atoms with van der Waals surface area (Å²) in [5, 5.41) is 0. The Bertz CT molecular complexity index is 1290. The molecular weight excluding hydrogens is 484 g/mol. The van der Waals surface area contributed by atoms with E-state index in [9.17, 15) is 21.6 Å². The number of hydrogen-bond acceptors (Lipinski definition) is 6. The van der Waals surface area contributed by atoms with E-state index in [1.807, 2.05) is 0 Å². The molecule has 0 saturated heterocycles. The van der Waals surface area contributed by atoms with Gasteiger partial charge < -0.3 is 4.74 Å². The summed E-state index contributed by atoms with van der Waals surface area (Å²) in [7, 11) is -7.26. The van der Waals surface area contributed by atoms with Gasteiger partial charge in [-0.25, -0.2) is 21.6 Å². The van der Waals surface area contributed by atoms with E-state index >= 15 is 0 Å². The van der Waals surface area contributed by atoms with Crippen molar-refractivity contribution in [3.8, 4) is 5.75 Å². The normalized spacial score (nSPS) is 11.8. The topological polar surface area (TPSA) is 94.6 Å². The van der Waals surface area contributed by atoms with Crippen LogP contribution in [0.25, 0.3) is 0 Å². The van der Waals surface area contributed by atoms with Gasteiger partial charge in [0.15, 0.2) is 19.7 Å². The van der Waals surface area contributed by atoms with Crippen molar-refractivity contribution in [3.05, 3.63) is 114 Å². The molecule has 8 heteroatoms. The highest BCUT2D eigenvalue weighted by atomic mass is 32.2. The molecule has 0 heterocycles. The third-order valence-electron chi connectivity index (χ3n) is 5.28. The summed E-state index contributed by atoms with van der Waals surface area (Å²) in [5.74, 6) is -2.13. The lowest BCUT2D eigenvalue weighted by atomic mass is 10.0. The Labute approximate surface area is 207 Å². The van der Waals surface area contributed by atoms with Crippen molar-refractivity contribution in [2.24, 2.45) is 0 Å². The Kier molecular flexibility index (Phi) is 8.64. The van der Waals surface area contributed by atoms with Gasteiger partial charge in [-0.05, 0) is 35.7 Å². The number of benzene rings is 3. The highest BCUT2D eigenvalue weighted by molar-refractivity contribution is 7.91. The molecule has 3 aromatic carbocycles. The van der Waals surface area contributed by atoms with E-state index in [1.165, 1.54) is 19.1 Å². The highest BCUT2D eigenvalue weighted by Gasteiger charge is 2.27. The number of esters is 1. The SMILES string of the molecule is C=C(C)C(=O)Oc1ccc(C(CS(=O)(=O)Cc2ccccc2)CS(=O)(=O)Cc2ccccc2)cc1. The molecule has 35 heavy (non-hydrogen) atoms. The molecule has 0 saturated carbocycles. The average molecular weight is 513 g/mol. The highest BCUT2D eigenvalue weighted by Crippen LogP contribution is 2.26. The van der Waals surface area contributed by atoms with Crippen LogP contribution in [0.2, 0.25) is 0 Å². The van der Waals surface area contributed by atoms with E-state index < -0.39 is 31.6 Å². The van der Waals surface area contributed by atoms with Crippen molar-refractivity contribution >= 4 is 25.6 Å². The molecule has 0 amide bonds. The quantitative estimate of drug-likeness (QED) is 0.214. The Hall–Kier alpha value is -3.23. The molecule has 0 aliphatic carbocycles. The summed E-state index contributed by atoms with van der Waals surface area (Å²) >= 11 is 0. The predicted molar refractivity (Wildman–Crippen MR) is 137 cm³/mol. The summed E-state index contributed by atoms with van der Waals surface area (Å²) in [6.07, 6.45) is 0. The molecule has 3 rings (SSSR count).